The van der Waals surface area contributed by atoms with Gasteiger partial charge in [-0.25, -0.2) is 9.37 Å². The molecule has 4 aromatic rings. The molecule has 1 atom stereocenters. The third kappa shape index (κ3) is 4.95. The Morgan fingerprint density at radius 2 is 1.97 bits per heavy atom. The van der Waals surface area contributed by atoms with Crippen LogP contribution in [0.1, 0.15) is 49.0 Å². The van der Waals surface area contributed by atoms with Crippen molar-refractivity contribution < 1.29 is 36.0 Å². The van der Waals surface area contributed by atoms with Gasteiger partial charge < -0.3 is 15.8 Å². The first-order valence-electron chi connectivity index (χ1n) is 12.6. The molecule has 2 aromatic heterocycles. The smallest absolute Gasteiger partial charge is 0.416 e. The van der Waals surface area contributed by atoms with Crippen molar-refractivity contribution in [3.8, 4) is 17.0 Å². The Kier molecular flexibility index (Phi) is 5.61. The van der Waals surface area contributed by atoms with Crippen molar-refractivity contribution in [1.29, 1.82) is 0 Å². The molecule has 3 N–H and O–H groups in total. The number of primary amides is 1. The summed E-state index contributed by atoms with van der Waals surface area (Å²) in [5.74, 6) is -3.00. The molecule has 0 fully saturated rings. The molecule has 12 heteroatoms. The van der Waals surface area contributed by atoms with E-state index in [1.807, 2.05) is 0 Å². The van der Waals surface area contributed by atoms with Crippen molar-refractivity contribution in [3.63, 3.8) is 0 Å². The number of aryl methyl sites for hydroxylation is 1. The average molecular weight is 518 g/mol. The van der Waals surface area contributed by atoms with Gasteiger partial charge in [0.2, 0.25) is 5.88 Å². The summed E-state index contributed by atoms with van der Waals surface area (Å²) in [5, 5.41) is 6.80. The molecule has 0 saturated carbocycles. The lowest BCUT2D eigenvalue weighted by Crippen LogP contribution is -2.28. The zero-order chi connectivity index (χ0) is 29.2. The van der Waals surface area contributed by atoms with Crippen LogP contribution < -0.4 is 15.8 Å². The van der Waals surface area contributed by atoms with Crippen molar-refractivity contribution in [2.75, 3.05) is 7.09 Å². The van der Waals surface area contributed by atoms with Crippen molar-refractivity contribution in [3.05, 3.63) is 76.9 Å². The first kappa shape index (κ1) is 21.8. The first-order chi connectivity index (χ1) is 19.0. The van der Waals surface area contributed by atoms with Gasteiger partial charge in [0, 0.05) is 32.5 Å². The normalized spacial score (nSPS) is 13.5. The Morgan fingerprint density at radius 3 is 2.65 bits per heavy atom. The summed E-state index contributed by atoms with van der Waals surface area (Å²) < 4.78 is 83.2. The number of alkyl halides is 3. The molecule has 4 rings (SSSR count). The quantitative estimate of drug-likeness (QED) is 0.368. The topological polar surface area (TPSA) is 112 Å². The van der Waals surface area contributed by atoms with E-state index >= 15 is 0 Å². The molecule has 0 spiro atoms. The van der Waals surface area contributed by atoms with Gasteiger partial charge in [-0.3, -0.25) is 14.3 Å². The summed E-state index contributed by atoms with van der Waals surface area (Å²) in [6, 6.07) is 6.36. The molecular weight excluding hydrogens is 494 g/mol. The molecule has 0 aliphatic heterocycles. The van der Waals surface area contributed by atoms with E-state index in [1.165, 1.54) is 16.9 Å². The highest BCUT2D eigenvalue weighted by Crippen LogP contribution is 2.33. The highest BCUT2D eigenvalue weighted by atomic mass is 19.4. The van der Waals surface area contributed by atoms with Gasteiger partial charge in [0.1, 0.15) is 11.4 Å². The van der Waals surface area contributed by atoms with E-state index in [0.717, 1.165) is 0 Å². The van der Waals surface area contributed by atoms with Crippen LogP contribution in [-0.2, 0) is 13.2 Å². The van der Waals surface area contributed by atoms with Crippen molar-refractivity contribution in [1.82, 2.24) is 20.1 Å². The van der Waals surface area contributed by atoms with Crippen LogP contribution >= 0.6 is 0 Å². The number of ether oxygens (including phenoxy) is 1. The van der Waals surface area contributed by atoms with E-state index in [2.05, 4.69) is 15.4 Å². The highest BCUT2D eigenvalue weighted by Gasteiger charge is 2.32. The number of nitrogens with zero attached hydrogens (tertiary/aromatic N) is 3. The lowest BCUT2D eigenvalue weighted by Gasteiger charge is -2.18. The van der Waals surface area contributed by atoms with Crippen LogP contribution in [0.2, 0.25) is 0 Å². The Balaban J connectivity index is 1.73. The number of hydrogen-bond donors (Lipinski definition) is 2. The fourth-order valence-corrected chi connectivity index (χ4v) is 3.72. The summed E-state index contributed by atoms with van der Waals surface area (Å²) >= 11 is 0. The maximum absolute atomic E-state index is 14.5. The molecule has 2 aromatic carbocycles. The Labute approximate surface area is 212 Å². The largest absolute Gasteiger partial charge is 0.480 e. The fourth-order valence-electron chi connectivity index (χ4n) is 3.72. The lowest BCUT2D eigenvalue weighted by atomic mass is 10.0. The standard InChI is InChI=1S/C25H21F4N5O3/c1-12(17-10-15(25(27,28)29)5-7-19(17)26)32-23(36)18-8-14(11-31-24(18)37-3)13-4-6-16-20(9-13)34(2)33-21(16)22(30)35/h4-12H,1-3H3,(H2,30,35)(H,32,36)/t12-/m1/s1/i1D,2D,3D. The number of halogens is 4. The van der Waals surface area contributed by atoms with Crippen molar-refractivity contribution in [2.24, 2.45) is 12.8 Å². The number of nitrogens with one attached hydrogen (secondary N) is 1. The highest BCUT2D eigenvalue weighted by molar-refractivity contribution is 6.05. The Morgan fingerprint density at radius 1 is 1.16 bits per heavy atom. The lowest BCUT2D eigenvalue weighted by molar-refractivity contribution is -0.137. The summed E-state index contributed by atoms with van der Waals surface area (Å²) in [4.78, 5) is 29.1. The molecule has 0 unspecified atom stereocenters. The van der Waals surface area contributed by atoms with Crippen LogP contribution in [0.3, 0.4) is 0 Å². The number of nitrogens with two attached hydrogens (primary N) is 1. The Bertz CT molecular complexity index is 1600. The van der Waals surface area contributed by atoms with E-state index in [0.29, 0.717) is 40.2 Å². The molecule has 0 radical (unpaired) electrons. The first-order valence-corrected chi connectivity index (χ1v) is 10.5. The van der Waals surface area contributed by atoms with Gasteiger partial charge in [-0.05, 0) is 48.9 Å². The maximum atomic E-state index is 14.5. The number of amides is 2. The number of aromatic nitrogens is 3. The second-order valence-electron chi connectivity index (χ2n) is 7.93. The summed E-state index contributed by atoms with van der Waals surface area (Å²) in [7, 11) is -0.919. The number of carbonyl (C=O) groups is 2. The van der Waals surface area contributed by atoms with Crippen LogP contribution in [0.15, 0.2) is 48.7 Å². The van der Waals surface area contributed by atoms with Gasteiger partial charge in [-0.2, -0.15) is 18.3 Å². The molecule has 0 aliphatic rings. The third-order valence-electron chi connectivity index (χ3n) is 5.55. The number of benzene rings is 2. The zero-order valence-electron chi connectivity index (χ0n) is 22.0. The molecule has 8 nitrogen and oxygen atoms in total. The van der Waals surface area contributed by atoms with Crippen molar-refractivity contribution >= 4 is 22.7 Å². The molecule has 0 bridgehead atoms. The minimum absolute atomic E-state index is 0.0190. The summed E-state index contributed by atoms with van der Waals surface area (Å²) in [6.07, 6.45) is -3.42. The predicted octanol–water partition coefficient (Wildman–Crippen LogP) is 4.39. The molecule has 37 heavy (non-hydrogen) atoms. The molecular formula is C25H21F4N5O3. The van der Waals surface area contributed by atoms with Crippen molar-refractivity contribution in [2.45, 2.75) is 19.1 Å². The minimum atomic E-state index is -4.76. The van der Waals surface area contributed by atoms with Crippen LogP contribution in [0.25, 0.3) is 22.0 Å². The SMILES string of the molecule is [2H]COc1ncc(-c2ccc3c(C(N)=O)nn(C[2H])c3c2)cc1C(=O)N[C@H](C[2H])c1cc(C(F)(F)F)ccc1F. The molecule has 0 aliphatic carbocycles. The van der Waals surface area contributed by atoms with Crippen LogP contribution in [0, 0.1) is 5.82 Å². The number of carbonyl (C=O) groups excluding carboxylic acids is 2. The molecule has 2 heterocycles. The van der Waals surface area contributed by atoms with Gasteiger partial charge in [-0.15, -0.1) is 0 Å². The third-order valence-corrected chi connectivity index (χ3v) is 5.55. The number of methoxy groups -OCH3 is 1. The molecule has 0 saturated heterocycles. The fraction of sp³-hybridized carbons (Fsp3) is 0.200. The monoisotopic (exact) mass is 518 g/mol. The van der Waals surface area contributed by atoms with Gasteiger partial charge in [0.15, 0.2) is 5.69 Å². The minimum Gasteiger partial charge on any atom is -0.480 e. The van der Waals surface area contributed by atoms with E-state index in [1.54, 1.807) is 18.2 Å². The number of hydrogen-bond acceptors (Lipinski definition) is 5. The van der Waals surface area contributed by atoms with Crippen LogP contribution in [-0.4, -0.2) is 33.7 Å². The second kappa shape index (κ2) is 9.52. The van der Waals surface area contributed by atoms with Gasteiger partial charge in [0.25, 0.3) is 11.8 Å². The van der Waals surface area contributed by atoms with Crippen LogP contribution in [0.5, 0.6) is 5.88 Å². The average Bonchev–Trinajstić information content (AvgIpc) is 3.30. The Hall–Kier alpha value is -4.48. The molecule has 192 valence electrons. The number of rotatable bonds is 6. The van der Waals surface area contributed by atoms with Gasteiger partial charge in [-0.1, -0.05) is 6.07 Å². The second-order valence-corrected chi connectivity index (χ2v) is 7.93. The van der Waals surface area contributed by atoms with Gasteiger partial charge >= 0.3 is 6.18 Å². The zero-order valence-corrected chi connectivity index (χ0v) is 19.0. The number of pyridine rings is 1. The van der Waals surface area contributed by atoms with E-state index in [-0.39, 0.29) is 24.2 Å². The number of fused-ring (bicyclic) bond motifs is 1. The molecule has 2 amide bonds. The maximum Gasteiger partial charge on any atom is 0.416 e. The van der Waals surface area contributed by atoms with E-state index in [4.69, 9.17) is 14.6 Å². The summed E-state index contributed by atoms with van der Waals surface area (Å²) in [5.41, 5.74) is 4.73. The van der Waals surface area contributed by atoms with E-state index < -0.39 is 55.0 Å². The predicted molar refractivity (Wildman–Crippen MR) is 126 cm³/mol. The van der Waals surface area contributed by atoms with Gasteiger partial charge in [0.05, 0.1) is 25.6 Å². The van der Waals surface area contributed by atoms with Crippen LogP contribution in [0.4, 0.5) is 17.6 Å². The van der Waals surface area contributed by atoms with E-state index in [9.17, 15) is 27.2 Å². The summed E-state index contributed by atoms with van der Waals surface area (Å²) in [6.45, 7) is -0.679.